The zero-order valence-electron chi connectivity index (χ0n) is 11.2. The Morgan fingerprint density at radius 3 is 2.68 bits per heavy atom. The summed E-state index contributed by atoms with van der Waals surface area (Å²) in [6, 6.07) is 1.40. The molecule has 3 N–H and O–H groups in total. The number of carbonyl (C=O) groups excluding carboxylic acids is 1. The molecule has 0 aliphatic heterocycles. The lowest BCUT2D eigenvalue weighted by molar-refractivity contribution is 0.0757. The van der Waals surface area contributed by atoms with Crippen LogP contribution in [0, 0.1) is 6.92 Å². The van der Waals surface area contributed by atoms with Gasteiger partial charge in [-0.1, -0.05) is 19.3 Å². The molecule has 0 spiro atoms. The van der Waals surface area contributed by atoms with E-state index in [1.807, 2.05) is 0 Å². The molecule has 2 rings (SSSR count). The van der Waals surface area contributed by atoms with Gasteiger partial charge in [-0.3, -0.25) is 9.59 Å². The summed E-state index contributed by atoms with van der Waals surface area (Å²) in [5, 5.41) is 12.4. The molecule has 1 aliphatic carbocycles. The maximum Gasteiger partial charge on any atom is 0.257 e. The number of rotatable bonds is 3. The molecule has 0 aromatic carbocycles. The highest BCUT2D eigenvalue weighted by Crippen LogP contribution is 2.27. The Balaban J connectivity index is 2.17. The first-order chi connectivity index (χ1) is 9.06. The zero-order chi connectivity index (χ0) is 13.9. The first-order valence-corrected chi connectivity index (χ1v) is 6.69. The molecule has 5 nitrogen and oxygen atoms in total. The van der Waals surface area contributed by atoms with Crippen molar-refractivity contribution in [2.45, 2.75) is 44.6 Å². The highest BCUT2D eigenvalue weighted by atomic mass is 16.3. The van der Waals surface area contributed by atoms with Crippen LogP contribution in [-0.4, -0.2) is 28.1 Å². The minimum Gasteiger partial charge on any atom is -0.394 e. The average Bonchev–Trinajstić information content (AvgIpc) is 2.39. The van der Waals surface area contributed by atoms with E-state index in [0.29, 0.717) is 0 Å². The van der Waals surface area contributed by atoms with Gasteiger partial charge in [0.1, 0.15) is 5.56 Å². The number of aromatic nitrogens is 1. The Morgan fingerprint density at radius 1 is 1.42 bits per heavy atom. The van der Waals surface area contributed by atoms with Gasteiger partial charge in [-0.2, -0.15) is 0 Å². The quantitative estimate of drug-likeness (QED) is 0.764. The van der Waals surface area contributed by atoms with E-state index in [1.54, 1.807) is 6.92 Å². The fraction of sp³-hybridized carbons (Fsp3) is 0.571. The lowest BCUT2D eigenvalue weighted by Crippen LogP contribution is -2.53. The van der Waals surface area contributed by atoms with E-state index in [-0.39, 0.29) is 17.6 Å². The number of carbonyl (C=O) groups is 1. The molecule has 0 radical (unpaired) electrons. The van der Waals surface area contributed by atoms with Crippen molar-refractivity contribution < 1.29 is 9.90 Å². The Labute approximate surface area is 112 Å². The molecule has 1 fully saturated rings. The standard InChI is InChI=1S/C14H20N2O3/c1-10-7-12(18)11(8-15-10)13(19)16-14(9-17)5-3-2-4-6-14/h7-8,17H,2-6,9H2,1H3,(H,15,18)(H,16,19). The van der Waals surface area contributed by atoms with E-state index in [1.165, 1.54) is 12.3 Å². The normalized spacial score (nSPS) is 18.0. The van der Waals surface area contributed by atoms with Gasteiger partial charge in [0.2, 0.25) is 0 Å². The predicted octanol–water partition coefficient (Wildman–Crippen LogP) is 1.11. The molecule has 0 atom stereocenters. The van der Waals surface area contributed by atoms with Gasteiger partial charge in [-0.15, -0.1) is 0 Å². The van der Waals surface area contributed by atoms with E-state index in [9.17, 15) is 14.7 Å². The van der Waals surface area contributed by atoms with Crippen LogP contribution in [0.4, 0.5) is 0 Å². The van der Waals surface area contributed by atoms with Gasteiger partial charge in [-0.05, 0) is 19.8 Å². The van der Waals surface area contributed by atoms with Gasteiger partial charge in [-0.25, -0.2) is 0 Å². The lowest BCUT2D eigenvalue weighted by Gasteiger charge is -2.36. The van der Waals surface area contributed by atoms with Crippen LogP contribution in [0.25, 0.3) is 0 Å². The van der Waals surface area contributed by atoms with Crippen molar-refractivity contribution in [1.82, 2.24) is 10.3 Å². The van der Waals surface area contributed by atoms with Crippen molar-refractivity contribution in [3.05, 3.63) is 33.7 Å². The summed E-state index contributed by atoms with van der Waals surface area (Å²) in [6.07, 6.45) is 6.07. The number of hydrogen-bond donors (Lipinski definition) is 3. The first-order valence-electron chi connectivity index (χ1n) is 6.69. The van der Waals surface area contributed by atoms with Crippen LogP contribution in [0.3, 0.4) is 0 Å². The molecule has 1 aromatic rings. The molecular formula is C14H20N2O3. The van der Waals surface area contributed by atoms with Crippen LogP contribution in [0.1, 0.15) is 48.2 Å². The summed E-state index contributed by atoms with van der Waals surface area (Å²) in [7, 11) is 0. The molecule has 1 aromatic heterocycles. The van der Waals surface area contributed by atoms with E-state index < -0.39 is 11.4 Å². The third kappa shape index (κ3) is 3.04. The van der Waals surface area contributed by atoms with Crippen molar-refractivity contribution in [3.8, 4) is 0 Å². The molecule has 1 aliphatic rings. The van der Waals surface area contributed by atoms with Crippen LogP contribution in [0.2, 0.25) is 0 Å². The molecule has 5 heteroatoms. The number of aryl methyl sites for hydroxylation is 1. The van der Waals surface area contributed by atoms with Gasteiger partial charge >= 0.3 is 0 Å². The number of pyridine rings is 1. The highest BCUT2D eigenvalue weighted by molar-refractivity contribution is 5.94. The van der Waals surface area contributed by atoms with Crippen LogP contribution >= 0.6 is 0 Å². The molecule has 1 amide bonds. The number of aliphatic hydroxyl groups excluding tert-OH is 1. The largest absolute Gasteiger partial charge is 0.394 e. The fourth-order valence-corrected chi connectivity index (χ4v) is 2.61. The number of aliphatic hydroxyl groups is 1. The van der Waals surface area contributed by atoms with Gasteiger partial charge in [0.05, 0.1) is 12.1 Å². The summed E-state index contributed by atoms with van der Waals surface area (Å²) in [6.45, 7) is 1.68. The van der Waals surface area contributed by atoms with Crippen molar-refractivity contribution in [2.24, 2.45) is 0 Å². The maximum absolute atomic E-state index is 12.2. The Morgan fingerprint density at radius 2 is 2.11 bits per heavy atom. The van der Waals surface area contributed by atoms with E-state index in [2.05, 4.69) is 10.3 Å². The van der Waals surface area contributed by atoms with Crippen LogP contribution in [-0.2, 0) is 0 Å². The van der Waals surface area contributed by atoms with Crippen molar-refractivity contribution in [1.29, 1.82) is 0 Å². The van der Waals surface area contributed by atoms with Crippen LogP contribution < -0.4 is 10.7 Å². The molecule has 1 saturated carbocycles. The van der Waals surface area contributed by atoms with Crippen LogP contribution in [0.5, 0.6) is 0 Å². The Hall–Kier alpha value is -1.62. The summed E-state index contributed by atoms with van der Waals surface area (Å²) < 4.78 is 0. The maximum atomic E-state index is 12.2. The van der Waals surface area contributed by atoms with Gasteiger partial charge < -0.3 is 15.4 Å². The minimum absolute atomic E-state index is 0.0808. The third-order valence-electron chi connectivity index (χ3n) is 3.79. The average molecular weight is 264 g/mol. The SMILES string of the molecule is Cc1cc(=O)c(C(=O)NC2(CO)CCCCC2)c[nH]1. The monoisotopic (exact) mass is 264 g/mol. The van der Waals surface area contributed by atoms with Gasteiger partial charge in [0.15, 0.2) is 5.43 Å². The van der Waals surface area contributed by atoms with Crippen molar-refractivity contribution >= 4 is 5.91 Å². The zero-order valence-corrected chi connectivity index (χ0v) is 11.2. The molecule has 19 heavy (non-hydrogen) atoms. The number of H-pyrrole nitrogens is 1. The number of nitrogens with one attached hydrogen (secondary N) is 2. The molecule has 0 saturated heterocycles. The summed E-state index contributed by atoms with van der Waals surface area (Å²) in [5.74, 6) is -0.405. The first kappa shape index (κ1) is 13.8. The molecule has 104 valence electrons. The molecular weight excluding hydrogens is 244 g/mol. The second kappa shape index (κ2) is 5.57. The van der Waals surface area contributed by atoms with Crippen molar-refractivity contribution in [3.63, 3.8) is 0 Å². The molecule has 1 heterocycles. The van der Waals surface area contributed by atoms with Gasteiger partial charge in [0.25, 0.3) is 5.91 Å². The Kier molecular flexibility index (Phi) is 4.04. The smallest absolute Gasteiger partial charge is 0.257 e. The second-order valence-corrected chi connectivity index (χ2v) is 5.35. The van der Waals surface area contributed by atoms with Crippen molar-refractivity contribution in [2.75, 3.05) is 6.61 Å². The van der Waals surface area contributed by atoms with E-state index >= 15 is 0 Å². The highest BCUT2D eigenvalue weighted by Gasteiger charge is 2.33. The summed E-state index contributed by atoms with van der Waals surface area (Å²) in [5.41, 5.74) is -0.0372. The minimum atomic E-state index is -0.563. The fourth-order valence-electron chi connectivity index (χ4n) is 2.61. The topological polar surface area (TPSA) is 82.2 Å². The Bertz CT molecular complexity index is 516. The second-order valence-electron chi connectivity index (χ2n) is 5.35. The van der Waals surface area contributed by atoms with E-state index in [0.717, 1.165) is 37.8 Å². The number of hydrogen-bond acceptors (Lipinski definition) is 3. The van der Waals surface area contributed by atoms with E-state index in [4.69, 9.17) is 0 Å². The number of aromatic amines is 1. The summed E-state index contributed by atoms with van der Waals surface area (Å²) in [4.78, 5) is 26.8. The molecule has 0 unspecified atom stereocenters. The summed E-state index contributed by atoms with van der Waals surface area (Å²) >= 11 is 0. The molecule has 0 bridgehead atoms. The predicted molar refractivity (Wildman–Crippen MR) is 72.2 cm³/mol. The van der Waals surface area contributed by atoms with Crippen LogP contribution in [0.15, 0.2) is 17.1 Å². The van der Waals surface area contributed by atoms with Gasteiger partial charge in [0, 0.05) is 18.0 Å². The lowest BCUT2D eigenvalue weighted by atomic mass is 9.82. The number of amides is 1. The third-order valence-corrected chi connectivity index (χ3v) is 3.79.